The molecule has 0 saturated heterocycles. The van der Waals surface area contributed by atoms with Crippen LogP contribution in [0.4, 0.5) is 22.0 Å². The van der Waals surface area contributed by atoms with Crippen molar-refractivity contribution in [3.05, 3.63) is 29.1 Å². The minimum Gasteiger partial charge on any atom is -0.420 e. The maximum atomic E-state index is 12.7. The van der Waals surface area contributed by atoms with Gasteiger partial charge in [-0.3, -0.25) is 0 Å². The molecule has 3 nitrogen and oxygen atoms in total. The zero-order chi connectivity index (χ0) is 11.7. The van der Waals surface area contributed by atoms with Crippen molar-refractivity contribution in [2.24, 2.45) is 0 Å². The van der Waals surface area contributed by atoms with Gasteiger partial charge < -0.3 is 9.42 Å². The first kappa shape index (κ1) is 11.9. The number of hydrogen-bond acceptors (Lipinski definition) is 2. The van der Waals surface area contributed by atoms with E-state index < -0.39 is 43.1 Å². The molecular weight excluding hydrogens is 246 g/mol. The SMILES string of the molecule is O=[PH](O)Oc1c(F)c(F)c(F)c(F)c1F. The summed E-state index contributed by atoms with van der Waals surface area (Å²) in [6, 6.07) is 0. The highest BCUT2D eigenvalue weighted by atomic mass is 31.1. The molecule has 1 aromatic carbocycles. The number of rotatable bonds is 2. The van der Waals surface area contributed by atoms with Crippen molar-refractivity contribution in [2.75, 3.05) is 0 Å². The summed E-state index contributed by atoms with van der Waals surface area (Å²) < 4.78 is 76.3. The van der Waals surface area contributed by atoms with Crippen LogP contribution in [0.1, 0.15) is 0 Å². The second kappa shape index (κ2) is 4.16. The fourth-order valence-corrected chi connectivity index (χ4v) is 1.12. The Bertz CT molecular complexity index is 406. The highest BCUT2D eigenvalue weighted by molar-refractivity contribution is 7.32. The highest BCUT2D eigenvalue weighted by Gasteiger charge is 2.27. The van der Waals surface area contributed by atoms with Gasteiger partial charge in [0, 0.05) is 0 Å². The van der Waals surface area contributed by atoms with Gasteiger partial charge in [0.2, 0.25) is 34.8 Å². The molecule has 1 N–H and O–H groups in total. The molecule has 1 unspecified atom stereocenters. The van der Waals surface area contributed by atoms with Crippen LogP contribution in [0.5, 0.6) is 5.75 Å². The molecule has 84 valence electrons. The topological polar surface area (TPSA) is 46.5 Å². The Balaban J connectivity index is 3.45. The van der Waals surface area contributed by atoms with Crippen LogP contribution >= 0.6 is 8.25 Å². The van der Waals surface area contributed by atoms with E-state index in [4.69, 9.17) is 4.89 Å². The Hall–Kier alpha value is -1.14. The van der Waals surface area contributed by atoms with Gasteiger partial charge in [-0.05, 0) is 0 Å². The van der Waals surface area contributed by atoms with Gasteiger partial charge in [0.1, 0.15) is 0 Å². The lowest BCUT2D eigenvalue weighted by Gasteiger charge is -2.06. The fourth-order valence-electron chi connectivity index (χ4n) is 0.762. The Kier molecular flexibility index (Phi) is 3.31. The van der Waals surface area contributed by atoms with Gasteiger partial charge in [0.15, 0.2) is 0 Å². The smallest absolute Gasteiger partial charge is 0.365 e. The van der Waals surface area contributed by atoms with Crippen LogP contribution in [0, 0.1) is 29.1 Å². The van der Waals surface area contributed by atoms with E-state index in [1.165, 1.54) is 0 Å². The first-order valence-electron chi connectivity index (χ1n) is 3.28. The van der Waals surface area contributed by atoms with Crippen LogP contribution in [0.2, 0.25) is 0 Å². The lowest BCUT2D eigenvalue weighted by Crippen LogP contribution is -2.03. The molecule has 0 aliphatic carbocycles. The predicted molar refractivity (Wildman–Crippen MR) is 38.1 cm³/mol. The predicted octanol–water partition coefficient (Wildman–Crippen LogP) is 2.14. The van der Waals surface area contributed by atoms with Crippen molar-refractivity contribution in [1.29, 1.82) is 0 Å². The summed E-state index contributed by atoms with van der Waals surface area (Å²) in [6.45, 7) is 0. The summed E-state index contributed by atoms with van der Waals surface area (Å²) in [5.41, 5.74) is 0. The zero-order valence-corrected chi connectivity index (χ0v) is 7.65. The monoisotopic (exact) mass is 248 g/mol. The molecule has 1 aromatic rings. The Morgan fingerprint density at radius 3 is 1.53 bits per heavy atom. The third-order valence-corrected chi connectivity index (χ3v) is 1.74. The van der Waals surface area contributed by atoms with Crippen LogP contribution in [-0.2, 0) is 4.57 Å². The van der Waals surface area contributed by atoms with Gasteiger partial charge in [-0.15, -0.1) is 0 Å². The summed E-state index contributed by atoms with van der Waals surface area (Å²) in [5.74, 6) is -13.2. The first-order valence-corrected chi connectivity index (χ1v) is 4.54. The average Bonchev–Trinajstić information content (AvgIpc) is 2.18. The summed E-state index contributed by atoms with van der Waals surface area (Å²) in [7, 11) is -3.86. The third kappa shape index (κ3) is 2.10. The molecule has 1 atom stereocenters. The van der Waals surface area contributed by atoms with E-state index in [1.807, 2.05) is 0 Å². The Labute approximate surface area is 80.0 Å². The van der Waals surface area contributed by atoms with Crippen molar-refractivity contribution in [3.8, 4) is 5.75 Å². The van der Waals surface area contributed by atoms with Gasteiger partial charge in [0.05, 0.1) is 0 Å². The van der Waals surface area contributed by atoms with Gasteiger partial charge in [0.25, 0.3) is 0 Å². The molecule has 0 bridgehead atoms. The number of hydrogen-bond donors (Lipinski definition) is 1. The molecular formula is C6H2F5O3P. The molecule has 0 saturated carbocycles. The Morgan fingerprint density at radius 1 is 0.867 bits per heavy atom. The van der Waals surface area contributed by atoms with Crippen molar-refractivity contribution in [3.63, 3.8) is 0 Å². The van der Waals surface area contributed by atoms with Crippen LogP contribution in [0.25, 0.3) is 0 Å². The summed E-state index contributed by atoms with van der Waals surface area (Å²) in [5, 5.41) is 0. The van der Waals surface area contributed by atoms with Crippen LogP contribution in [0.15, 0.2) is 0 Å². The minimum absolute atomic E-state index is 1.77. The molecule has 0 fully saturated rings. The molecule has 0 radical (unpaired) electrons. The van der Waals surface area contributed by atoms with Crippen LogP contribution < -0.4 is 4.52 Å². The highest BCUT2D eigenvalue weighted by Crippen LogP contribution is 2.33. The second-order valence-corrected chi connectivity index (χ2v) is 3.00. The van der Waals surface area contributed by atoms with E-state index in [1.54, 1.807) is 0 Å². The molecule has 0 amide bonds. The maximum Gasteiger partial charge on any atom is 0.365 e. The maximum absolute atomic E-state index is 12.7. The van der Waals surface area contributed by atoms with E-state index in [2.05, 4.69) is 4.52 Å². The van der Waals surface area contributed by atoms with Gasteiger partial charge in [-0.25, -0.2) is 17.7 Å². The lowest BCUT2D eigenvalue weighted by atomic mass is 10.3. The van der Waals surface area contributed by atoms with Crippen molar-refractivity contribution < 1.29 is 35.9 Å². The minimum atomic E-state index is -3.86. The molecule has 0 aliphatic heterocycles. The van der Waals surface area contributed by atoms with E-state index in [-0.39, 0.29) is 0 Å². The molecule has 0 spiro atoms. The van der Waals surface area contributed by atoms with Crippen molar-refractivity contribution in [2.45, 2.75) is 0 Å². The normalized spacial score (nSPS) is 12.7. The largest absolute Gasteiger partial charge is 0.420 e. The second-order valence-electron chi connectivity index (χ2n) is 2.27. The molecule has 1 rings (SSSR count). The van der Waals surface area contributed by atoms with E-state index >= 15 is 0 Å². The summed E-state index contributed by atoms with van der Waals surface area (Å²) >= 11 is 0. The van der Waals surface area contributed by atoms with Gasteiger partial charge in [-0.1, -0.05) is 0 Å². The lowest BCUT2D eigenvalue weighted by molar-refractivity contribution is 0.334. The van der Waals surface area contributed by atoms with Gasteiger partial charge in [-0.2, -0.15) is 8.78 Å². The van der Waals surface area contributed by atoms with Crippen LogP contribution in [-0.4, -0.2) is 4.89 Å². The van der Waals surface area contributed by atoms with E-state index in [9.17, 15) is 26.5 Å². The number of benzene rings is 1. The van der Waals surface area contributed by atoms with E-state index in [0.29, 0.717) is 0 Å². The van der Waals surface area contributed by atoms with Crippen molar-refractivity contribution >= 4 is 8.25 Å². The first-order chi connectivity index (χ1) is 6.86. The Morgan fingerprint density at radius 2 is 1.20 bits per heavy atom. The average molecular weight is 248 g/mol. The summed E-state index contributed by atoms with van der Waals surface area (Å²) in [6.07, 6.45) is 0. The quantitative estimate of drug-likeness (QED) is 0.377. The summed E-state index contributed by atoms with van der Waals surface area (Å²) in [4.78, 5) is 8.16. The van der Waals surface area contributed by atoms with Gasteiger partial charge >= 0.3 is 8.25 Å². The standard InChI is InChI=1S/C6H2F5O3P/c7-1-2(8)4(10)6(14-15(12)13)5(11)3(1)9/h15H,(H,12,13). The molecule has 0 aromatic heterocycles. The third-order valence-electron chi connectivity index (χ3n) is 1.36. The fraction of sp³-hybridized carbons (Fsp3) is 0. The molecule has 0 aliphatic rings. The molecule has 9 heteroatoms. The van der Waals surface area contributed by atoms with Crippen LogP contribution in [0.3, 0.4) is 0 Å². The van der Waals surface area contributed by atoms with Crippen molar-refractivity contribution in [1.82, 2.24) is 0 Å². The number of halogens is 5. The molecule has 15 heavy (non-hydrogen) atoms. The van der Waals surface area contributed by atoms with E-state index in [0.717, 1.165) is 0 Å². The zero-order valence-electron chi connectivity index (χ0n) is 6.65. The molecule has 0 heterocycles.